The number of halogens is 1. The quantitative estimate of drug-likeness (QED) is 0.736. The average Bonchev–Trinajstić information content (AvgIpc) is 2.99. The highest BCUT2D eigenvalue weighted by Crippen LogP contribution is 2.24. The third-order valence-electron chi connectivity index (χ3n) is 4.12. The largest absolute Gasteiger partial charge is 0.378 e. The Kier molecular flexibility index (Phi) is 7.73. The van der Waals surface area contributed by atoms with Crippen LogP contribution in [0.5, 0.6) is 0 Å². The Balaban J connectivity index is 0.00000180. The van der Waals surface area contributed by atoms with Gasteiger partial charge in [-0.05, 0) is 38.5 Å². The third kappa shape index (κ3) is 5.67. The summed E-state index contributed by atoms with van der Waals surface area (Å²) in [6.07, 6.45) is 9.24. The highest BCUT2D eigenvalue weighted by atomic mass is 35.5. The Morgan fingerprint density at radius 1 is 1.21 bits per heavy atom. The van der Waals surface area contributed by atoms with Crippen molar-refractivity contribution >= 4 is 18.3 Å². The van der Waals surface area contributed by atoms with E-state index < -0.39 is 0 Å². The van der Waals surface area contributed by atoms with Crippen LogP contribution in [-0.4, -0.2) is 31.2 Å². The van der Waals surface area contributed by atoms with Gasteiger partial charge in [0.25, 0.3) is 0 Å². The lowest BCUT2D eigenvalue weighted by molar-refractivity contribution is -0.124. The number of hydrogen-bond acceptors (Lipinski definition) is 3. The second kappa shape index (κ2) is 8.77. The first-order chi connectivity index (χ1) is 8.75. The van der Waals surface area contributed by atoms with E-state index in [1.807, 2.05) is 0 Å². The van der Waals surface area contributed by atoms with Crippen molar-refractivity contribution in [3.05, 3.63) is 0 Å². The summed E-state index contributed by atoms with van der Waals surface area (Å²) in [6, 6.07) is 0.228. The Morgan fingerprint density at radius 3 is 2.58 bits per heavy atom. The van der Waals surface area contributed by atoms with Crippen LogP contribution in [0.15, 0.2) is 0 Å². The second-order valence-electron chi connectivity index (χ2n) is 5.69. The van der Waals surface area contributed by atoms with E-state index in [1.54, 1.807) is 0 Å². The third-order valence-corrected chi connectivity index (χ3v) is 4.12. The van der Waals surface area contributed by atoms with Crippen molar-refractivity contribution in [2.45, 2.75) is 63.5 Å². The predicted octanol–water partition coefficient (Wildman–Crippen LogP) is 2.00. The van der Waals surface area contributed by atoms with Gasteiger partial charge in [0.15, 0.2) is 0 Å². The van der Waals surface area contributed by atoms with Crippen LogP contribution in [0.1, 0.15) is 51.4 Å². The molecular weight excluding hydrogens is 264 g/mol. The molecule has 5 heteroatoms. The minimum absolute atomic E-state index is 0. The fraction of sp³-hybridized carbons (Fsp3) is 0.929. The van der Waals surface area contributed by atoms with Gasteiger partial charge in [0, 0.05) is 25.1 Å². The maximum Gasteiger partial charge on any atom is 0.223 e. The average molecular weight is 291 g/mol. The van der Waals surface area contributed by atoms with Crippen LogP contribution in [0.4, 0.5) is 0 Å². The van der Waals surface area contributed by atoms with Crippen LogP contribution in [0.3, 0.4) is 0 Å². The van der Waals surface area contributed by atoms with Gasteiger partial charge in [0.1, 0.15) is 0 Å². The second-order valence-corrected chi connectivity index (χ2v) is 5.69. The highest BCUT2D eigenvalue weighted by Gasteiger charge is 2.27. The molecule has 0 saturated heterocycles. The molecule has 0 aromatic rings. The number of carbonyl (C=O) groups is 1. The van der Waals surface area contributed by atoms with Gasteiger partial charge in [-0.2, -0.15) is 0 Å². The van der Waals surface area contributed by atoms with Gasteiger partial charge >= 0.3 is 0 Å². The summed E-state index contributed by atoms with van der Waals surface area (Å²) in [7, 11) is 0. The molecule has 2 aliphatic rings. The van der Waals surface area contributed by atoms with Crippen LogP contribution in [-0.2, 0) is 9.53 Å². The molecule has 2 saturated carbocycles. The van der Waals surface area contributed by atoms with Crippen LogP contribution in [0.2, 0.25) is 0 Å². The zero-order valence-electron chi connectivity index (χ0n) is 11.6. The number of carbonyl (C=O) groups excluding carboxylic acids is 1. The molecule has 0 heterocycles. The summed E-state index contributed by atoms with van der Waals surface area (Å²) in [5, 5.41) is 3.00. The zero-order valence-corrected chi connectivity index (χ0v) is 12.4. The lowest BCUT2D eigenvalue weighted by atomic mass is 10.1. The van der Waals surface area contributed by atoms with Gasteiger partial charge in [-0.1, -0.05) is 12.8 Å². The number of ether oxygens (including phenoxy) is 1. The molecule has 2 rings (SSSR count). The van der Waals surface area contributed by atoms with Crippen LogP contribution in [0.25, 0.3) is 0 Å². The maximum atomic E-state index is 11.8. The lowest BCUT2D eigenvalue weighted by Crippen LogP contribution is -2.31. The molecule has 2 atom stereocenters. The van der Waals surface area contributed by atoms with Gasteiger partial charge in [-0.3, -0.25) is 4.79 Å². The highest BCUT2D eigenvalue weighted by molar-refractivity contribution is 5.85. The molecular formula is C14H27ClN2O2. The van der Waals surface area contributed by atoms with Crippen LogP contribution < -0.4 is 11.1 Å². The molecule has 4 nitrogen and oxygen atoms in total. The molecule has 1 amide bonds. The number of nitrogens with one attached hydrogen (secondary N) is 1. The number of hydrogen-bond donors (Lipinski definition) is 2. The first kappa shape index (κ1) is 16.7. The van der Waals surface area contributed by atoms with E-state index in [0.717, 1.165) is 38.8 Å². The first-order valence-corrected chi connectivity index (χ1v) is 7.40. The van der Waals surface area contributed by atoms with E-state index >= 15 is 0 Å². The van der Waals surface area contributed by atoms with E-state index in [4.69, 9.17) is 10.5 Å². The molecule has 0 aromatic heterocycles. The Labute approximate surface area is 122 Å². The smallest absolute Gasteiger partial charge is 0.223 e. The number of amides is 1. The van der Waals surface area contributed by atoms with E-state index in [9.17, 15) is 4.79 Å². The Morgan fingerprint density at radius 2 is 1.95 bits per heavy atom. The topological polar surface area (TPSA) is 64.4 Å². The van der Waals surface area contributed by atoms with E-state index in [1.165, 1.54) is 25.7 Å². The monoisotopic (exact) mass is 290 g/mol. The van der Waals surface area contributed by atoms with E-state index in [2.05, 4.69) is 5.32 Å². The fourth-order valence-corrected chi connectivity index (χ4v) is 2.99. The molecule has 3 N–H and O–H groups in total. The Hall–Kier alpha value is -0.320. The molecule has 0 bridgehead atoms. The number of rotatable bonds is 6. The van der Waals surface area contributed by atoms with Crippen molar-refractivity contribution in [2.75, 3.05) is 13.2 Å². The van der Waals surface area contributed by atoms with Crippen molar-refractivity contribution in [1.29, 1.82) is 0 Å². The van der Waals surface area contributed by atoms with Crippen molar-refractivity contribution in [1.82, 2.24) is 5.32 Å². The van der Waals surface area contributed by atoms with E-state index in [-0.39, 0.29) is 30.3 Å². The molecule has 0 aliphatic heterocycles. The minimum atomic E-state index is 0. The van der Waals surface area contributed by atoms with Gasteiger partial charge in [0.05, 0.1) is 6.10 Å². The minimum Gasteiger partial charge on any atom is -0.378 e. The van der Waals surface area contributed by atoms with Crippen LogP contribution in [0, 0.1) is 5.92 Å². The number of nitrogens with two attached hydrogens (primary N) is 1. The molecule has 2 fully saturated rings. The van der Waals surface area contributed by atoms with Gasteiger partial charge in [-0.15, -0.1) is 12.4 Å². The van der Waals surface area contributed by atoms with E-state index in [0.29, 0.717) is 6.10 Å². The molecule has 0 unspecified atom stereocenters. The maximum absolute atomic E-state index is 11.8. The van der Waals surface area contributed by atoms with Crippen molar-refractivity contribution < 1.29 is 9.53 Å². The summed E-state index contributed by atoms with van der Waals surface area (Å²) < 4.78 is 5.76. The van der Waals surface area contributed by atoms with Crippen molar-refractivity contribution in [2.24, 2.45) is 11.7 Å². The zero-order chi connectivity index (χ0) is 12.8. The molecule has 2 aliphatic carbocycles. The normalized spacial score (nSPS) is 27.2. The lowest BCUT2D eigenvalue weighted by Gasteiger charge is -2.13. The van der Waals surface area contributed by atoms with Gasteiger partial charge in [0.2, 0.25) is 5.91 Å². The standard InChI is InChI=1S/C14H26N2O2.ClH/c15-12-7-6-11(10-12)14(17)16-8-3-9-18-13-4-1-2-5-13;/h11-13H,1-10,15H2,(H,16,17);1H/t11-,12+;/m0./s1. The first-order valence-electron chi connectivity index (χ1n) is 7.40. The van der Waals surface area contributed by atoms with Crippen molar-refractivity contribution in [3.63, 3.8) is 0 Å². The summed E-state index contributed by atoms with van der Waals surface area (Å²) in [6.45, 7) is 1.51. The fourth-order valence-electron chi connectivity index (χ4n) is 2.99. The molecule has 19 heavy (non-hydrogen) atoms. The molecule has 0 aromatic carbocycles. The van der Waals surface area contributed by atoms with Crippen molar-refractivity contribution in [3.8, 4) is 0 Å². The summed E-state index contributed by atoms with van der Waals surface area (Å²) >= 11 is 0. The Bertz CT molecular complexity index is 270. The summed E-state index contributed by atoms with van der Waals surface area (Å²) in [5.41, 5.74) is 5.81. The SMILES string of the molecule is Cl.N[C@@H]1CC[C@H](C(=O)NCCCOC2CCCC2)C1. The van der Waals surface area contributed by atoms with Crippen LogP contribution >= 0.6 is 12.4 Å². The summed E-state index contributed by atoms with van der Waals surface area (Å²) in [5.74, 6) is 0.333. The summed E-state index contributed by atoms with van der Waals surface area (Å²) in [4.78, 5) is 11.8. The molecule has 0 spiro atoms. The predicted molar refractivity (Wildman–Crippen MR) is 78.4 cm³/mol. The van der Waals surface area contributed by atoms with Gasteiger partial charge < -0.3 is 15.8 Å². The molecule has 112 valence electrons. The molecule has 0 radical (unpaired) electrons. The van der Waals surface area contributed by atoms with Gasteiger partial charge in [-0.25, -0.2) is 0 Å².